The third-order valence-electron chi connectivity index (χ3n) is 2.93. The molecule has 0 aliphatic carbocycles. The first-order valence-corrected chi connectivity index (χ1v) is 6.67. The van der Waals surface area contributed by atoms with Gasteiger partial charge in [0.25, 0.3) is 0 Å². The summed E-state index contributed by atoms with van der Waals surface area (Å²) in [5.74, 6) is -0.217. The highest BCUT2D eigenvalue weighted by Gasteiger charge is 2.11. The summed E-state index contributed by atoms with van der Waals surface area (Å²) in [7, 11) is 1.41. The predicted molar refractivity (Wildman–Crippen MR) is 72.4 cm³/mol. The predicted octanol–water partition coefficient (Wildman–Crippen LogP) is 2.50. The van der Waals surface area contributed by atoms with Gasteiger partial charge in [0, 0.05) is 18.4 Å². The van der Waals surface area contributed by atoms with Crippen LogP contribution in [0.5, 0.6) is 0 Å². The average Bonchev–Trinajstić information content (AvgIpc) is 2.82. The number of hydrogen-bond donors (Lipinski definition) is 1. The number of methoxy groups -OCH3 is 1. The summed E-state index contributed by atoms with van der Waals surface area (Å²) >= 11 is 0. The van der Waals surface area contributed by atoms with Crippen LogP contribution in [0, 0.1) is 0 Å². The van der Waals surface area contributed by atoms with Crippen molar-refractivity contribution in [3.05, 3.63) is 24.0 Å². The molecule has 0 amide bonds. The molecule has 0 fully saturated rings. The van der Waals surface area contributed by atoms with Gasteiger partial charge in [-0.05, 0) is 31.0 Å². The largest absolute Gasteiger partial charge is 0.468 e. The summed E-state index contributed by atoms with van der Waals surface area (Å²) in [4.78, 5) is 11.2. The number of carbonyl (C=O) groups excluding carboxylic acids is 1. The van der Waals surface area contributed by atoms with Gasteiger partial charge >= 0.3 is 5.97 Å². The number of carbonyl (C=O) groups is 1. The Morgan fingerprint density at radius 2 is 2.22 bits per heavy atom. The van der Waals surface area contributed by atoms with E-state index in [-0.39, 0.29) is 12.5 Å². The molecule has 4 heteroatoms. The molecule has 1 heterocycles. The van der Waals surface area contributed by atoms with E-state index >= 15 is 0 Å². The fourth-order valence-electron chi connectivity index (χ4n) is 1.97. The highest BCUT2D eigenvalue weighted by molar-refractivity contribution is 5.68. The van der Waals surface area contributed by atoms with E-state index in [1.807, 2.05) is 17.0 Å². The number of hydrogen-bond acceptors (Lipinski definition) is 3. The van der Waals surface area contributed by atoms with Gasteiger partial charge in [-0.25, -0.2) is 0 Å². The topological polar surface area (TPSA) is 43.3 Å². The van der Waals surface area contributed by atoms with Crippen molar-refractivity contribution < 1.29 is 9.53 Å². The van der Waals surface area contributed by atoms with Gasteiger partial charge < -0.3 is 14.6 Å². The van der Waals surface area contributed by atoms with E-state index in [4.69, 9.17) is 0 Å². The first-order valence-electron chi connectivity index (χ1n) is 6.67. The molecule has 4 nitrogen and oxygen atoms in total. The van der Waals surface area contributed by atoms with Crippen LogP contribution in [0.3, 0.4) is 0 Å². The minimum atomic E-state index is -0.217. The van der Waals surface area contributed by atoms with Gasteiger partial charge in [-0.3, -0.25) is 4.79 Å². The van der Waals surface area contributed by atoms with Gasteiger partial charge in [0.05, 0.1) is 7.11 Å². The monoisotopic (exact) mass is 252 g/mol. The summed E-state index contributed by atoms with van der Waals surface area (Å²) in [6.45, 7) is 5.65. The summed E-state index contributed by atoms with van der Waals surface area (Å²) in [6.07, 6.45) is 7.34. The van der Waals surface area contributed by atoms with E-state index < -0.39 is 0 Å². The zero-order chi connectivity index (χ0) is 13.4. The van der Waals surface area contributed by atoms with Crippen molar-refractivity contribution in [1.82, 2.24) is 9.88 Å². The van der Waals surface area contributed by atoms with Crippen LogP contribution < -0.4 is 5.32 Å². The van der Waals surface area contributed by atoms with E-state index in [0.717, 1.165) is 25.8 Å². The Balaban J connectivity index is 2.64. The molecule has 0 aromatic carbocycles. The number of rotatable bonds is 8. The molecule has 0 aliphatic heterocycles. The van der Waals surface area contributed by atoms with Gasteiger partial charge in [-0.2, -0.15) is 0 Å². The number of aromatic nitrogens is 1. The maximum absolute atomic E-state index is 11.2. The van der Waals surface area contributed by atoms with Crippen LogP contribution in [0.15, 0.2) is 18.5 Å². The van der Waals surface area contributed by atoms with Gasteiger partial charge in [-0.15, -0.1) is 0 Å². The van der Waals surface area contributed by atoms with Crippen LogP contribution in [-0.4, -0.2) is 24.2 Å². The highest BCUT2D eigenvalue weighted by atomic mass is 16.5. The summed E-state index contributed by atoms with van der Waals surface area (Å²) in [5, 5.41) is 3.54. The minimum Gasteiger partial charge on any atom is -0.468 e. The summed E-state index contributed by atoms with van der Waals surface area (Å²) in [5.41, 5.74) is 1.24. The molecule has 1 aromatic heterocycles. The Hall–Kier alpha value is -1.29. The van der Waals surface area contributed by atoms with E-state index in [2.05, 4.69) is 30.0 Å². The second-order valence-electron chi connectivity index (χ2n) is 4.49. The fraction of sp³-hybridized carbons (Fsp3) is 0.643. The maximum Gasteiger partial charge on any atom is 0.325 e. The van der Waals surface area contributed by atoms with Crippen molar-refractivity contribution in [3.8, 4) is 0 Å². The molecule has 0 aliphatic rings. The van der Waals surface area contributed by atoms with Crippen molar-refractivity contribution in [1.29, 1.82) is 0 Å². The second kappa shape index (κ2) is 7.93. The van der Waals surface area contributed by atoms with E-state index in [0.29, 0.717) is 6.04 Å². The third kappa shape index (κ3) is 4.53. The molecule has 0 radical (unpaired) electrons. The van der Waals surface area contributed by atoms with Crippen LogP contribution in [0.4, 0.5) is 0 Å². The zero-order valence-corrected chi connectivity index (χ0v) is 11.6. The molecular formula is C14H24N2O2. The average molecular weight is 252 g/mol. The number of nitrogens with zero attached hydrogens (tertiary/aromatic N) is 1. The molecule has 1 aromatic rings. The quantitative estimate of drug-likeness (QED) is 0.723. The Morgan fingerprint density at radius 3 is 2.83 bits per heavy atom. The molecular weight excluding hydrogens is 228 g/mol. The van der Waals surface area contributed by atoms with Crippen molar-refractivity contribution >= 4 is 5.97 Å². The molecule has 102 valence electrons. The van der Waals surface area contributed by atoms with Gasteiger partial charge in [0.2, 0.25) is 0 Å². The first-order chi connectivity index (χ1) is 8.71. The van der Waals surface area contributed by atoms with E-state index in [1.54, 1.807) is 0 Å². The van der Waals surface area contributed by atoms with Gasteiger partial charge in [0.1, 0.15) is 6.54 Å². The third-order valence-corrected chi connectivity index (χ3v) is 2.93. The number of nitrogens with one attached hydrogen (secondary N) is 1. The Bertz CT molecular complexity index is 360. The van der Waals surface area contributed by atoms with Crippen molar-refractivity contribution in [3.63, 3.8) is 0 Å². The molecule has 18 heavy (non-hydrogen) atoms. The van der Waals surface area contributed by atoms with Crippen LogP contribution in [0.25, 0.3) is 0 Å². The fourth-order valence-corrected chi connectivity index (χ4v) is 1.97. The van der Waals surface area contributed by atoms with Crippen LogP contribution in [0.1, 0.15) is 44.7 Å². The highest BCUT2D eigenvalue weighted by Crippen LogP contribution is 2.18. The smallest absolute Gasteiger partial charge is 0.325 e. The maximum atomic E-state index is 11.2. The lowest BCUT2D eigenvalue weighted by Gasteiger charge is -2.16. The Labute approximate surface area is 109 Å². The summed E-state index contributed by atoms with van der Waals surface area (Å²) in [6, 6.07) is 2.46. The van der Waals surface area contributed by atoms with Gasteiger partial charge in [0.15, 0.2) is 0 Å². The van der Waals surface area contributed by atoms with E-state index in [9.17, 15) is 4.79 Å². The molecule has 1 atom stereocenters. The number of esters is 1. The van der Waals surface area contributed by atoms with Crippen LogP contribution in [0.2, 0.25) is 0 Å². The molecule has 0 bridgehead atoms. The van der Waals surface area contributed by atoms with Crippen LogP contribution >= 0.6 is 0 Å². The van der Waals surface area contributed by atoms with Gasteiger partial charge in [-0.1, -0.05) is 20.3 Å². The lowest BCUT2D eigenvalue weighted by atomic mass is 10.1. The Kier molecular flexibility index (Phi) is 6.50. The lowest BCUT2D eigenvalue weighted by Crippen LogP contribution is -2.21. The minimum absolute atomic E-state index is 0.217. The van der Waals surface area contributed by atoms with Crippen molar-refractivity contribution in [2.45, 2.75) is 45.7 Å². The molecule has 1 N–H and O–H groups in total. The molecule has 0 saturated carbocycles. The van der Waals surface area contributed by atoms with E-state index in [1.165, 1.54) is 12.7 Å². The second-order valence-corrected chi connectivity index (χ2v) is 4.49. The standard InChI is InChI=1S/C14H24N2O2/c1-4-6-13(15-8-5-2)12-7-9-16(10-12)11-14(17)18-3/h7,9-10,13,15H,4-6,8,11H2,1-3H3. The normalized spacial score (nSPS) is 12.4. The summed E-state index contributed by atoms with van der Waals surface area (Å²) < 4.78 is 6.53. The SMILES string of the molecule is CCCNC(CCC)c1ccn(CC(=O)OC)c1. The van der Waals surface area contributed by atoms with Crippen molar-refractivity contribution in [2.75, 3.05) is 13.7 Å². The Morgan fingerprint density at radius 1 is 1.44 bits per heavy atom. The zero-order valence-electron chi connectivity index (χ0n) is 11.6. The molecule has 0 spiro atoms. The molecule has 1 unspecified atom stereocenters. The first kappa shape index (κ1) is 14.8. The molecule has 0 saturated heterocycles. The van der Waals surface area contributed by atoms with Crippen molar-refractivity contribution in [2.24, 2.45) is 0 Å². The number of ether oxygens (including phenoxy) is 1. The van der Waals surface area contributed by atoms with Crippen LogP contribution in [-0.2, 0) is 16.1 Å². The lowest BCUT2D eigenvalue weighted by molar-refractivity contribution is -0.141. The molecule has 1 rings (SSSR count).